The Labute approximate surface area is 122 Å². The summed E-state index contributed by atoms with van der Waals surface area (Å²) in [5.41, 5.74) is 3.12. The second-order valence-electron chi connectivity index (χ2n) is 4.45. The number of hydrogen-bond donors (Lipinski definition) is 1. The lowest BCUT2D eigenvalue weighted by Gasteiger charge is -2.08. The zero-order valence-corrected chi connectivity index (χ0v) is 12.0. The van der Waals surface area contributed by atoms with Crippen LogP contribution in [0.3, 0.4) is 0 Å². The summed E-state index contributed by atoms with van der Waals surface area (Å²) in [5.74, 6) is -0.396. The fraction of sp³-hybridized carbons (Fsp3) is 0.200. The number of hydrogen-bond acceptors (Lipinski definition) is 1. The molecule has 0 radical (unpaired) electrons. The Hall–Kier alpha value is -1.09. The van der Waals surface area contributed by atoms with E-state index in [0.29, 0.717) is 13.1 Å². The average Bonchev–Trinajstić information content (AvgIpc) is 2.36. The molecule has 0 aliphatic carbocycles. The van der Waals surface area contributed by atoms with E-state index >= 15 is 0 Å². The first-order valence-electron chi connectivity index (χ1n) is 5.96. The lowest BCUT2D eigenvalue weighted by molar-refractivity contribution is 0.625. The molecule has 100 valence electrons. The highest BCUT2D eigenvalue weighted by molar-refractivity contribution is 6.31. The molecule has 1 nitrogen and oxygen atoms in total. The molecular weight excluding hydrogens is 284 g/mol. The first kappa shape index (κ1) is 14.3. The molecule has 0 unspecified atom stereocenters. The standard InChI is InChI=1S/C15H14Cl2FN/c1-10-2-4-12(13(16)6-10)9-19-8-11-3-5-15(18)14(17)7-11/h2-7,19H,8-9H2,1H3. The van der Waals surface area contributed by atoms with Gasteiger partial charge in [0.1, 0.15) is 5.82 Å². The van der Waals surface area contributed by atoms with Gasteiger partial charge in [0.25, 0.3) is 0 Å². The first-order chi connectivity index (χ1) is 9.06. The highest BCUT2D eigenvalue weighted by Gasteiger charge is 2.02. The van der Waals surface area contributed by atoms with Crippen molar-refractivity contribution < 1.29 is 4.39 Å². The Balaban J connectivity index is 1.94. The first-order valence-corrected chi connectivity index (χ1v) is 6.71. The summed E-state index contributed by atoms with van der Waals surface area (Å²) in [6.45, 7) is 3.28. The minimum Gasteiger partial charge on any atom is -0.309 e. The molecule has 0 aliphatic heterocycles. The SMILES string of the molecule is Cc1ccc(CNCc2ccc(F)c(Cl)c2)c(Cl)c1. The lowest BCUT2D eigenvalue weighted by Crippen LogP contribution is -2.13. The zero-order chi connectivity index (χ0) is 13.8. The molecule has 1 N–H and O–H groups in total. The summed E-state index contributed by atoms with van der Waals surface area (Å²) < 4.78 is 13.0. The van der Waals surface area contributed by atoms with Crippen LogP contribution in [0.1, 0.15) is 16.7 Å². The van der Waals surface area contributed by atoms with Gasteiger partial charge < -0.3 is 5.32 Å². The second-order valence-corrected chi connectivity index (χ2v) is 5.26. The third kappa shape index (κ3) is 3.93. The quantitative estimate of drug-likeness (QED) is 0.860. The van der Waals surface area contributed by atoms with Crippen molar-refractivity contribution in [2.24, 2.45) is 0 Å². The van der Waals surface area contributed by atoms with Crippen LogP contribution in [-0.2, 0) is 13.1 Å². The Bertz CT molecular complexity index is 584. The van der Waals surface area contributed by atoms with Crippen molar-refractivity contribution in [1.29, 1.82) is 0 Å². The second kappa shape index (κ2) is 6.38. The highest BCUT2D eigenvalue weighted by atomic mass is 35.5. The number of aryl methyl sites for hydroxylation is 1. The summed E-state index contributed by atoms with van der Waals surface area (Å²) in [5, 5.41) is 4.16. The predicted molar refractivity (Wildman–Crippen MR) is 78.1 cm³/mol. The van der Waals surface area contributed by atoms with Crippen LogP contribution in [0.5, 0.6) is 0 Å². The minimum atomic E-state index is -0.396. The van der Waals surface area contributed by atoms with Crippen LogP contribution < -0.4 is 5.32 Å². The normalized spacial score (nSPS) is 10.7. The van der Waals surface area contributed by atoms with Crippen molar-refractivity contribution >= 4 is 23.2 Å². The Morgan fingerprint density at radius 3 is 2.47 bits per heavy atom. The lowest BCUT2D eigenvalue weighted by atomic mass is 10.1. The van der Waals surface area contributed by atoms with E-state index in [9.17, 15) is 4.39 Å². The molecule has 0 aromatic heterocycles. The fourth-order valence-electron chi connectivity index (χ4n) is 1.79. The average molecular weight is 298 g/mol. The van der Waals surface area contributed by atoms with E-state index in [4.69, 9.17) is 23.2 Å². The maximum absolute atomic E-state index is 13.0. The van der Waals surface area contributed by atoms with Gasteiger partial charge in [-0.15, -0.1) is 0 Å². The Morgan fingerprint density at radius 2 is 1.79 bits per heavy atom. The number of rotatable bonds is 4. The van der Waals surface area contributed by atoms with E-state index in [1.807, 2.05) is 25.1 Å². The van der Waals surface area contributed by atoms with E-state index in [-0.39, 0.29) is 5.02 Å². The molecule has 0 aliphatic rings. The smallest absolute Gasteiger partial charge is 0.141 e. The van der Waals surface area contributed by atoms with Crippen LogP contribution >= 0.6 is 23.2 Å². The summed E-state index contributed by atoms with van der Waals surface area (Å²) in [6.07, 6.45) is 0. The van der Waals surface area contributed by atoms with E-state index in [0.717, 1.165) is 21.7 Å². The van der Waals surface area contributed by atoms with Crippen LogP contribution in [0.15, 0.2) is 36.4 Å². The van der Waals surface area contributed by atoms with E-state index in [2.05, 4.69) is 5.32 Å². The van der Waals surface area contributed by atoms with Gasteiger partial charge in [0.05, 0.1) is 5.02 Å². The number of benzene rings is 2. The monoisotopic (exact) mass is 297 g/mol. The molecular formula is C15H14Cl2FN. The van der Waals surface area contributed by atoms with Crippen molar-refractivity contribution in [2.75, 3.05) is 0 Å². The van der Waals surface area contributed by atoms with Crippen molar-refractivity contribution in [2.45, 2.75) is 20.0 Å². The number of halogens is 3. The molecule has 0 fully saturated rings. The van der Waals surface area contributed by atoms with E-state index in [1.165, 1.54) is 6.07 Å². The van der Waals surface area contributed by atoms with Gasteiger partial charge in [-0.25, -0.2) is 4.39 Å². The van der Waals surface area contributed by atoms with Crippen molar-refractivity contribution in [3.05, 3.63) is 69.0 Å². The molecule has 0 amide bonds. The molecule has 2 rings (SSSR count). The summed E-state index contributed by atoms with van der Waals surface area (Å²) >= 11 is 11.9. The topological polar surface area (TPSA) is 12.0 Å². The third-order valence-electron chi connectivity index (χ3n) is 2.84. The van der Waals surface area contributed by atoms with Gasteiger partial charge in [-0.3, -0.25) is 0 Å². The summed E-state index contributed by atoms with van der Waals surface area (Å²) in [4.78, 5) is 0. The fourth-order valence-corrected chi connectivity index (χ4v) is 2.29. The van der Waals surface area contributed by atoms with Crippen LogP contribution in [0.25, 0.3) is 0 Å². The maximum Gasteiger partial charge on any atom is 0.141 e. The molecule has 0 spiro atoms. The van der Waals surface area contributed by atoms with Gasteiger partial charge in [-0.2, -0.15) is 0 Å². The molecule has 0 bridgehead atoms. The van der Waals surface area contributed by atoms with Gasteiger partial charge in [0.15, 0.2) is 0 Å². The van der Waals surface area contributed by atoms with Crippen LogP contribution in [0, 0.1) is 12.7 Å². The van der Waals surface area contributed by atoms with E-state index < -0.39 is 5.82 Å². The Morgan fingerprint density at radius 1 is 1.00 bits per heavy atom. The van der Waals surface area contributed by atoms with Crippen LogP contribution in [-0.4, -0.2) is 0 Å². The largest absolute Gasteiger partial charge is 0.309 e. The van der Waals surface area contributed by atoms with Gasteiger partial charge in [-0.05, 0) is 41.8 Å². The van der Waals surface area contributed by atoms with Gasteiger partial charge in [-0.1, -0.05) is 41.4 Å². The third-order valence-corrected chi connectivity index (χ3v) is 3.48. The Kier molecular flexibility index (Phi) is 4.81. The molecule has 0 saturated heterocycles. The molecule has 0 atom stereocenters. The molecule has 0 heterocycles. The van der Waals surface area contributed by atoms with Crippen molar-refractivity contribution in [3.63, 3.8) is 0 Å². The summed E-state index contributed by atoms with van der Waals surface area (Å²) in [7, 11) is 0. The summed E-state index contributed by atoms with van der Waals surface area (Å²) in [6, 6.07) is 10.7. The molecule has 2 aromatic rings. The van der Waals surface area contributed by atoms with Crippen LogP contribution in [0.4, 0.5) is 4.39 Å². The van der Waals surface area contributed by atoms with Gasteiger partial charge in [0.2, 0.25) is 0 Å². The molecule has 0 saturated carbocycles. The van der Waals surface area contributed by atoms with E-state index in [1.54, 1.807) is 12.1 Å². The van der Waals surface area contributed by atoms with Crippen molar-refractivity contribution in [3.8, 4) is 0 Å². The maximum atomic E-state index is 13.0. The minimum absolute atomic E-state index is 0.146. The molecule has 4 heteroatoms. The molecule has 19 heavy (non-hydrogen) atoms. The van der Waals surface area contributed by atoms with Gasteiger partial charge >= 0.3 is 0 Å². The zero-order valence-electron chi connectivity index (χ0n) is 10.5. The molecule has 2 aromatic carbocycles. The predicted octanol–water partition coefficient (Wildman–Crippen LogP) is 4.73. The highest BCUT2D eigenvalue weighted by Crippen LogP contribution is 2.18. The van der Waals surface area contributed by atoms with Crippen molar-refractivity contribution in [1.82, 2.24) is 5.32 Å². The van der Waals surface area contributed by atoms with Crippen LogP contribution in [0.2, 0.25) is 10.0 Å². The van der Waals surface area contributed by atoms with Gasteiger partial charge in [0, 0.05) is 18.1 Å². The number of nitrogens with one attached hydrogen (secondary N) is 1.